The predicted octanol–water partition coefficient (Wildman–Crippen LogP) is 5.19. The molecule has 1 unspecified atom stereocenters. The normalized spacial score (nSPS) is 17.1. The molecule has 1 saturated carbocycles. The molecule has 170 valence electrons. The number of aromatic nitrogens is 1. The third-order valence-electron chi connectivity index (χ3n) is 5.50. The van der Waals surface area contributed by atoms with Crippen LogP contribution in [0.15, 0.2) is 36.7 Å². The average molecular weight is 448 g/mol. The Morgan fingerprint density at radius 1 is 1.28 bits per heavy atom. The van der Waals surface area contributed by atoms with E-state index in [1.54, 1.807) is 18.2 Å². The van der Waals surface area contributed by atoms with E-state index in [0.29, 0.717) is 31.1 Å². The topological polar surface area (TPSA) is 80.7 Å². The van der Waals surface area contributed by atoms with E-state index in [-0.39, 0.29) is 22.7 Å². The highest BCUT2D eigenvalue weighted by atomic mass is 19.3. The molecule has 1 aliphatic heterocycles. The Hall–Kier alpha value is -3.07. The fourth-order valence-electron chi connectivity index (χ4n) is 3.63. The molecule has 1 aliphatic carbocycles. The van der Waals surface area contributed by atoms with Crippen molar-refractivity contribution in [3.8, 4) is 5.75 Å². The molecule has 0 radical (unpaired) electrons. The van der Waals surface area contributed by atoms with Gasteiger partial charge in [-0.1, -0.05) is 12.1 Å². The van der Waals surface area contributed by atoms with Crippen LogP contribution in [0.1, 0.15) is 46.7 Å². The van der Waals surface area contributed by atoms with Gasteiger partial charge in [0.15, 0.2) is 11.9 Å². The number of ether oxygens (including phenoxy) is 2. The summed E-state index contributed by atoms with van der Waals surface area (Å²) in [4.78, 5) is 16.0. The number of hydrogen-bond acceptors (Lipinski definition) is 5. The van der Waals surface area contributed by atoms with Crippen LogP contribution in [-0.2, 0) is 4.74 Å². The molecule has 0 saturated heterocycles. The first-order valence-electron chi connectivity index (χ1n) is 10.4. The van der Waals surface area contributed by atoms with E-state index in [9.17, 15) is 23.1 Å². The van der Waals surface area contributed by atoms with Crippen molar-refractivity contribution in [3.63, 3.8) is 0 Å². The Morgan fingerprint density at radius 3 is 2.72 bits per heavy atom. The maximum absolute atomic E-state index is 13.3. The highest BCUT2D eigenvalue weighted by Crippen LogP contribution is 2.42. The van der Waals surface area contributed by atoms with E-state index in [2.05, 4.69) is 10.3 Å². The number of aromatic carboxylic acids is 1. The van der Waals surface area contributed by atoms with Gasteiger partial charge in [0.2, 0.25) is 0 Å². The number of rotatable bonds is 9. The van der Waals surface area contributed by atoms with Gasteiger partial charge < -0.3 is 19.9 Å². The second-order valence-electron chi connectivity index (χ2n) is 7.77. The molecule has 0 bridgehead atoms. The lowest BCUT2D eigenvalue weighted by Gasteiger charge is -2.23. The van der Waals surface area contributed by atoms with Crippen LogP contribution in [0.25, 0.3) is 5.57 Å². The van der Waals surface area contributed by atoms with Gasteiger partial charge in [-0.25, -0.2) is 18.0 Å². The number of anilines is 2. The molecule has 1 atom stereocenters. The number of nitrogens with zero attached hydrogens (tertiary/aromatic N) is 1. The number of benzene rings is 1. The standard InChI is InChI=1S/C23H23F3N2O4/c24-10-20(22(25)26)32-21-17(14-5-7-31-8-6-14)11-27-12-19(21)28-18-4-3-15(13-1-2-13)9-16(18)23(29)30/h3-5,9,11-13,20,22,28H,1-2,6-8,10H2,(H,29,30). The summed E-state index contributed by atoms with van der Waals surface area (Å²) in [5.41, 5.74) is 2.64. The Balaban J connectivity index is 1.75. The van der Waals surface area contributed by atoms with Gasteiger partial charge in [-0.05, 0) is 48.4 Å². The monoisotopic (exact) mass is 448 g/mol. The molecule has 0 spiro atoms. The SMILES string of the molecule is O=C(O)c1cc(C2CC2)ccc1Nc1cncc(C2=CCOCC2)c1OC(CF)C(F)F. The van der Waals surface area contributed by atoms with Crippen LogP contribution in [0, 0.1) is 0 Å². The molecular weight excluding hydrogens is 425 g/mol. The molecule has 2 aromatic rings. The van der Waals surface area contributed by atoms with E-state index in [1.165, 1.54) is 12.4 Å². The third-order valence-corrected chi connectivity index (χ3v) is 5.50. The lowest BCUT2D eigenvalue weighted by atomic mass is 10.0. The van der Waals surface area contributed by atoms with Gasteiger partial charge in [-0.15, -0.1) is 0 Å². The molecule has 1 aromatic carbocycles. The molecule has 2 heterocycles. The molecule has 0 amide bonds. The van der Waals surface area contributed by atoms with Crippen molar-refractivity contribution in [2.75, 3.05) is 25.2 Å². The van der Waals surface area contributed by atoms with Crippen molar-refractivity contribution in [2.24, 2.45) is 0 Å². The third kappa shape index (κ3) is 4.88. The highest BCUT2D eigenvalue weighted by Gasteiger charge is 2.28. The maximum atomic E-state index is 13.3. The summed E-state index contributed by atoms with van der Waals surface area (Å²) in [6, 6.07) is 5.10. The number of nitrogens with one attached hydrogen (secondary N) is 1. The summed E-state index contributed by atoms with van der Waals surface area (Å²) < 4.78 is 50.6. The minimum absolute atomic E-state index is 0.00120. The van der Waals surface area contributed by atoms with Crippen LogP contribution in [0.3, 0.4) is 0 Å². The van der Waals surface area contributed by atoms with Crippen LogP contribution < -0.4 is 10.1 Å². The van der Waals surface area contributed by atoms with Gasteiger partial charge in [0.1, 0.15) is 12.4 Å². The molecule has 2 aliphatic rings. The first-order chi connectivity index (χ1) is 15.5. The van der Waals surface area contributed by atoms with Crippen molar-refractivity contribution in [1.29, 1.82) is 0 Å². The molecule has 2 N–H and O–H groups in total. The van der Waals surface area contributed by atoms with Crippen molar-refractivity contribution in [3.05, 3.63) is 53.4 Å². The van der Waals surface area contributed by atoms with Crippen molar-refractivity contribution >= 4 is 22.9 Å². The molecule has 1 aromatic heterocycles. The quantitative estimate of drug-likeness (QED) is 0.550. The van der Waals surface area contributed by atoms with E-state index in [4.69, 9.17) is 9.47 Å². The zero-order chi connectivity index (χ0) is 22.7. The van der Waals surface area contributed by atoms with Crippen molar-refractivity contribution < 1.29 is 32.5 Å². The van der Waals surface area contributed by atoms with Crippen LogP contribution in [0.2, 0.25) is 0 Å². The number of alkyl halides is 3. The van der Waals surface area contributed by atoms with Gasteiger partial charge in [0.25, 0.3) is 6.43 Å². The fraction of sp³-hybridized carbons (Fsp3) is 0.391. The summed E-state index contributed by atoms with van der Waals surface area (Å²) in [6.07, 6.45) is 2.15. The van der Waals surface area contributed by atoms with E-state index >= 15 is 0 Å². The predicted molar refractivity (Wildman–Crippen MR) is 113 cm³/mol. The van der Waals surface area contributed by atoms with Gasteiger partial charge >= 0.3 is 5.97 Å². The first kappa shape index (κ1) is 22.1. The molecule has 9 heteroatoms. The van der Waals surface area contributed by atoms with E-state index < -0.39 is 25.2 Å². The first-order valence-corrected chi connectivity index (χ1v) is 10.4. The summed E-state index contributed by atoms with van der Waals surface area (Å²) in [7, 11) is 0. The van der Waals surface area contributed by atoms with Gasteiger partial charge in [0.05, 0.1) is 30.7 Å². The Labute approximate surface area is 183 Å². The second kappa shape index (κ2) is 9.60. The minimum Gasteiger partial charge on any atom is -0.479 e. The Kier molecular flexibility index (Phi) is 6.64. The van der Waals surface area contributed by atoms with Gasteiger partial charge in [0, 0.05) is 11.8 Å². The summed E-state index contributed by atoms with van der Waals surface area (Å²) in [5, 5.41) is 12.7. The van der Waals surface area contributed by atoms with E-state index in [0.717, 1.165) is 24.0 Å². The number of hydrogen-bond donors (Lipinski definition) is 2. The Morgan fingerprint density at radius 2 is 2.09 bits per heavy atom. The van der Waals surface area contributed by atoms with Crippen LogP contribution >= 0.6 is 0 Å². The number of carbonyl (C=O) groups is 1. The maximum Gasteiger partial charge on any atom is 0.337 e. The lowest BCUT2D eigenvalue weighted by Crippen LogP contribution is -2.28. The van der Waals surface area contributed by atoms with Crippen LogP contribution in [0.4, 0.5) is 24.5 Å². The van der Waals surface area contributed by atoms with E-state index in [1.807, 2.05) is 6.07 Å². The summed E-state index contributed by atoms with van der Waals surface area (Å²) >= 11 is 0. The molecule has 32 heavy (non-hydrogen) atoms. The number of pyridine rings is 1. The van der Waals surface area contributed by atoms with Gasteiger partial charge in [-0.2, -0.15) is 0 Å². The van der Waals surface area contributed by atoms with Crippen LogP contribution in [-0.4, -0.2) is 48.5 Å². The molecule has 6 nitrogen and oxygen atoms in total. The molecule has 1 fully saturated rings. The number of halogens is 3. The lowest BCUT2D eigenvalue weighted by molar-refractivity contribution is -0.000981. The second-order valence-corrected chi connectivity index (χ2v) is 7.77. The largest absolute Gasteiger partial charge is 0.479 e. The van der Waals surface area contributed by atoms with Gasteiger partial charge in [-0.3, -0.25) is 4.98 Å². The number of carboxylic acid groups (broad SMARTS) is 1. The smallest absolute Gasteiger partial charge is 0.337 e. The van der Waals surface area contributed by atoms with Crippen LogP contribution in [0.5, 0.6) is 5.75 Å². The fourth-order valence-corrected chi connectivity index (χ4v) is 3.63. The Bertz CT molecular complexity index is 1020. The summed E-state index contributed by atoms with van der Waals surface area (Å²) in [5.74, 6) is -0.760. The van der Waals surface area contributed by atoms with Crippen molar-refractivity contribution in [1.82, 2.24) is 4.98 Å². The zero-order valence-electron chi connectivity index (χ0n) is 17.2. The van der Waals surface area contributed by atoms with Crippen molar-refractivity contribution in [2.45, 2.75) is 37.7 Å². The highest BCUT2D eigenvalue weighted by molar-refractivity contribution is 5.96. The average Bonchev–Trinajstić information content (AvgIpc) is 3.64. The number of carboxylic acids is 1. The zero-order valence-corrected chi connectivity index (χ0v) is 17.2. The summed E-state index contributed by atoms with van der Waals surface area (Å²) in [6.45, 7) is -0.590. The minimum atomic E-state index is -3.04. The molecule has 4 rings (SSSR count). The molecular formula is C23H23F3N2O4.